The van der Waals surface area contributed by atoms with Gasteiger partial charge in [-0.25, -0.2) is 0 Å². The first-order valence-corrected chi connectivity index (χ1v) is 5.68. The minimum Gasteiger partial charge on any atom is -0.376 e. The van der Waals surface area contributed by atoms with Gasteiger partial charge in [-0.1, -0.05) is 24.3 Å². The van der Waals surface area contributed by atoms with Gasteiger partial charge >= 0.3 is 0 Å². The summed E-state index contributed by atoms with van der Waals surface area (Å²) in [5.74, 6) is 0. The van der Waals surface area contributed by atoms with Gasteiger partial charge in [-0.3, -0.25) is 0 Å². The van der Waals surface area contributed by atoms with Crippen molar-refractivity contribution in [2.75, 3.05) is 13.6 Å². The van der Waals surface area contributed by atoms with Crippen LogP contribution in [0.3, 0.4) is 0 Å². The van der Waals surface area contributed by atoms with Crippen LogP contribution in [0.2, 0.25) is 0 Å². The second-order valence-electron chi connectivity index (χ2n) is 3.44. The largest absolute Gasteiger partial charge is 0.376 e. The summed E-state index contributed by atoms with van der Waals surface area (Å²) >= 11 is 2.34. The lowest BCUT2D eigenvalue weighted by Gasteiger charge is -2.17. The Hall–Kier alpha value is -0.770. The summed E-state index contributed by atoms with van der Waals surface area (Å²) in [5.41, 5.74) is 2.58. The first-order valence-electron chi connectivity index (χ1n) is 4.60. The van der Waals surface area contributed by atoms with Crippen molar-refractivity contribution in [1.29, 1.82) is 0 Å². The summed E-state index contributed by atoms with van der Waals surface area (Å²) in [7, 11) is 2.09. The van der Waals surface area contributed by atoms with Gasteiger partial charge in [0.1, 0.15) is 0 Å². The van der Waals surface area contributed by atoms with Gasteiger partial charge in [-0.05, 0) is 45.9 Å². The van der Waals surface area contributed by atoms with E-state index >= 15 is 0 Å². The molecule has 1 aromatic carbocycles. The number of nitrogens with zero attached hydrogens (tertiary/aromatic N) is 1. The van der Waals surface area contributed by atoms with E-state index in [1.807, 2.05) is 0 Å². The number of hydrogen-bond acceptors (Lipinski definition) is 1. The lowest BCUT2D eigenvalue weighted by Crippen LogP contribution is -2.13. The second kappa shape index (κ2) is 4.17. The molecule has 0 saturated heterocycles. The fourth-order valence-corrected chi connectivity index (χ4v) is 2.06. The van der Waals surface area contributed by atoms with E-state index in [4.69, 9.17) is 0 Å². The topological polar surface area (TPSA) is 3.24 Å². The molecular formula is C12H12IN. The quantitative estimate of drug-likeness (QED) is 0.720. The normalized spacial score (nSPS) is 15.6. The SMILES string of the molecule is CN1C=C(c2cccc(I)c2)C=CC1. The van der Waals surface area contributed by atoms with Crippen molar-refractivity contribution in [2.45, 2.75) is 0 Å². The zero-order valence-corrected chi connectivity index (χ0v) is 10.2. The highest BCUT2D eigenvalue weighted by atomic mass is 127. The average molecular weight is 297 g/mol. The van der Waals surface area contributed by atoms with Crippen LogP contribution in [-0.2, 0) is 0 Å². The highest BCUT2D eigenvalue weighted by molar-refractivity contribution is 14.1. The Morgan fingerprint density at radius 3 is 2.93 bits per heavy atom. The van der Waals surface area contributed by atoms with Gasteiger partial charge in [0.05, 0.1) is 0 Å². The highest BCUT2D eigenvalue weighted by Crippen LogP contribution is 2.20. The van der Waals surface area contributed by atoms with Crippen LogP contribution in [0.5, 0.6) is 0 Å². The number of rotatable bonds is 1. The minimum atomic E-state index is 1.01. The van der Waals surface area contributed by atoms with Gasteiger partial charge in [-0.2, -0.15) is 0 Å². The molecule has 0 aromatic heterocycles. The third kappa shape index (κ3) is 2.18. The second-order valence-corrected chi connectivity index (χ2v) is 4.68. The molecule has 0 radical (unpaired) electrons. The fraction of sp³-hybridized carbons (Fsp3) is 0.167. The maximum atomic E-state index is 2.34. The van der Waals surface area contributed by atoms with Gasteiger partial charge < -0.3 is 4.90 Å². The molecule has 0 amide bonds. The molecule has 1 aromatic rings. The minimum absolute atomic E-state index is 1.01. The van der Waals surface area contributed by atoms with E-state index in [9.17, 15) is 0 Å². The van der Waals surface area contributed by atoms with Crippen molar-refractivity contribution >= 4 is 28.2 Å². The highest BCUT2D eigenvalue weighted by Gasteiger charge is 2.03. The molecule has 2 rings (SSSR count). The van der Waals surface area contributed by atoms with Gasteiger partial charge in [0, 0.05) is 23.4 Å². The molecule has 0 fully saturated rings. The Labute approximate surface area is 98.3 Å². The summed E-state index contributed by atoms with van der Waals surface area (Å²) in [6.45, 7) is 1.01. The Kier molecular flexibility index (Phi) is 2.91. The first kappa shape index (κ1) is 9.77. The zero-order chi connectivity index (χ0) is 9.97. The summed E-state index contributed by atoms with van der Waals surface area (Å²) < 4.78 is 1.28. The Bertz CT molecular complexity index is 393. The number of likely N-dealkylation sites (N-methyl/N-ethyl adjacent to an activating group) is 1. The smallest absolute Gasteiger partial charge is 0.0354 e. The monoisotopic (exact) mass is 297 g/mol. The maximum Gasteiger partial charge on any atom is 0.0354 e. The fourth-order valence-electron chi connectivity index (χ4n) is 1.52. The van der Waals surface area contributed by atoms with E-state index in [-0.39, 0.29) is 0 Å². The summed E-state index contributed by atoms with van der Waals surface area (Å²) in [5, 5.41) is 0. The van der Waals surface area contributed by atoms with Crippen LogP contribution in [0, 0.1) is 3.57 Å². The first-order chi connectivity index (χ1) is 6.75. The molecule has 72 valence electrons. The van der Waals surface area contributed by atoms with Crippen LogP contribution >= 0.6 is 22.6 Å². The van der Waals surface area contributed by atoms with Crippen molar-refractivity contribution in [3.63, 3.8) is 0 Å². The van der Waals surface area contributed by atoms with E-state index in [2.05, 4.69) is 77.2 Å². The molecule has 1 aliphatic rings. The molecule has 14 heavy (non-hydrogen) atoms. The number of hydrogen-bond donors (Lipinski definition) is 0. The molecular weight excluding hydrogens is 285 g/mol. The lowest BCUT2D eigenvalue weighted by molar-refractivity contribution is 0.507. The van der Waals surface area contributed by atoms with Crippen LogP contribution in [0.25, 0.3) is 5.57 Å². The van der Waals surface area contributed by atoms with Crippen LogP contribution in [0.4, 0.5) is 0 Å². The molecule has 0 unspecified atom stereocenters. The van der Waals surface area contributed by atoms with Crippen molar-refractivity contribution in [1.82, 2.24) is 4.90 Å². The summed E-state index contributed by atoms with van der Waals surface area (Å²) in [6, 6.07) is 8.56. The van der Waals surface area contributed by atoms with Gasteiger partial charge in [-0.15, -0.1) is 0 Å². The van der Waals surface area contributed by atoms with E-state index in [0.717, 1.165) is 6.54 Å². The number of benzene rings is 1. The predicted molar refractivity (Wildman–Crippen MR) is 68.9 cm³/mol. The third-order valence-corrected chi connectivity index (χ3v) is 2.88. The maximum absolute atomic E-state index is 2.34. The predicted octanol–water partition coefficient (Wildman–Crippen LogP) is 3.13. The zero-order valence-electron chi connectivity index (χ0n) is 8.07. The van der Waals surface area contributed by atoms with Crippen molar-refractivity contribution in [3.8, 4) is 0 Å². The standard InChI is InChI=1S/C12H12IN/c1-14-7-3-5-11(9-14)10-4-2-6-12(13)8-10/h2-6,8-9H,7H2,1H3. The van der Waals surface area contributed by atoms with E-state index in [1.54, 1.807) is 0 Å². The molecule has 1 nitrogen and oxygen atoms in total. The van der Waals surface area contributed by atoms with E-state index < -0.39 is 0 Å². The molecule has 2 heteroatoms. The average Bonchev–Trinajstić information content (AvgIpc) is 2.18. The Balaban J connectivity index is 2.35. The third-order valence-electron chi connectivity index (χ3n) is 2.21. The Morgan fingerprint density at radius 2 is 2.21 bits per heavy atom. The van der Waals surface area contributed by atoms with Crippen LogP contribution < -0.4 is 0 Å². The molecule has 0 spiro atoms. The molecule has 0 aliphatic carbocycles. The van der Waals surface area contributed by atoms with Crippen molar-refractivity contribution < 1.29 is 0 Å². The van der Waals surface area contributed by atoms with E-state index in [0.29, 0.717) is 0 Å². The Morgan fingerprint density at radius 1 is 1.36 bits per heavy atom. The lowest BCUT2D eigenvalue weighted by atomic mass is 10.1. The van der Waals surface area contributed by atoms with Gasteiger partial charge in [0.2, 0.25) is 0 Å². The molecule has 0 N–H and O–H groups in total. The molecule has 0 atom stereocenters. The van der Waals surface area contributed by atoms with Crippen LogP contribution in [0.1, 0.15) is 5.56 Å². The number of allylic oxidation sites excluding steroid dienone is 2. The van der Waals surface area contributed by atoms with Crippen LogP contribution in [-0.4, -0.2) is 18.5 Å². The molecule has 0 saturated carbocycles. The van der Waals surface area contributed by atoms with Crippen molar-refractivity contribution in [2.24, 2.45) is 0 Å². The van der Waals surface area contributed by atoms with Crippen LogP contribution in [0.15, 0.2) is 42.6 Å². The molecule has 0 bridgehead atoms. The number of halogens is 1. The molecule has 1 aliphatic heterocycles. The molecule has 1 heterocycles. The summed E-state index contributed by atoms with van der Waals surface area (Å²) in [6.07, 6.45) is 6.56. The van der Waals surface area contributed by atoms with E-state index in [1.165, 1.54) is 14.7 Å². The van der Waals surface area contributed by atoms with Gasteiger partial charge in [0.15, 0.2) is 0 Å². The van der Waals surface area contributed by atoms with Crippen molar-refractivity contribution in [3.05, 3.63) is 51.8 Å². The van der Waals surface area contributed by atoms with Gasteiger partial charge in [0.25, 0.3) is 0 Å². The summed E-state index contributed by atoms with van der Waals surface area (Å²) in [4.78, 5) is 2.19.